The van der Waals surface area contributed by atoms with E-state index in [1.165, 1.54) is 37.7 Å². The van der Waals surface area contributed by atoms with Gasteiger partial charge >= 0.3 is 0 Å². The van der Waals surface area contributed by atoms with Gasteiger partial charge in [-0.2, -0.15) is 0 Å². The van der Waals surface area contributed by atoms with Crippen molar-refractivity contribution in [1.29, 1.82) is 0 Å². The molecule has 2 aromatic rings. The summed E-state index contributed by atoms with van der Waals surface area (Å²) in [6.45, 7) is 2.14. The Balaban J connectivity index is 1.41. The molecule has 3 rings (SSSR count). The van der Waals surface area contributed by atoms with Gasteiger partial charge in [0.1, 0.15) is 0 Å². The zero-order chi connectivity index (χ0) is 15.0. The quantitative estimate of drug-likeness (QED) is 0.727. The predicted octanol–water partition coefficient (Wildman–Crippen LogP) is 5.14. The van der Waals surface area contributed by atoms with Crippen LogP contribution in [-0.2, 0) is 6.54 Å². The molecule has 0 spiro atoms. The van der Waals surface area contributed by atoms with Crippen molar-refractivity contribution in [2.75, 3.05) is 6.54 Å². The van der Waals surface area contributed by atoms with Gasteiger partial charge < -0.3 is 5.32 Å². The van der Waals surface area contributed by atoms with E-state index in [1.807, 2.05) is 0 Å². The maximum absolute atomic E-state index is 3.60. The molecule has 0 aliphatic heterocycles. The van der Waals surface area contributed by atoms with E-state index < -0.39 is 0 Å². The molecule has 1 aliphatic rings. The Bertz CT molecular complexity index is 534. The Morgan fingerprint density at radius 2 is 1.59 bits per heavy atom. The number of hydrogen-bond acceptors (Lipinski definition) is 1. The van der Waals surface area contributed by atoms with Crippen LogP contribution in [0.4, 0.5) is 0 Å². The van der Waals surface area contributed by atoms with Crippen molar-refractivity contribution in [3.8, 4) is 0 Å². The van der Waals surface area contributed by atoms with Gasteiger partial charge in [0.2, 0.25) is 0 Å². The third-order valence-corrected chi connectivity index (χ3v) is 4.96. The Labute approximate surface area is 134 Å². The minimum absolute atomic E-state index is 0.786. The number of hydrogen-bond donors (Lipinski definition) is 1. The summed E-state index contributed by atoms with van der Waals surface area (Å²) in [6, 6.07) is 21.8. The van der Waals surface area contributed by atoms with E-state index in [0.717, 1.165) is 24.9 Å². The zero-order valence-electron chi connectivity index (χ0n) is 13.4. The van der Waals surface area contributed by atoms with E-state index in [0.29, 0.717) is 0 Å². The molecule has 1 saturated carbocycles. The molecule has 0 heterocycles. The summed E-state index contributed by atoms with van der Waals surface area (Å²) < 4.78 is 0. The fraction of sp³-hybridized carbons (Fsp3) is 0.429. The van der Waals surface area contributed by atoms with Gasteiger partial charge in [0.25, 0.3) is 0 Å². The number of nitrogens with one attached hydrogen (secondary N) is 1. The molecule has 0 radical (unpaired) electrons. The predicted molar refractivity (Wildman–Crippen MR) is 93.9 cm³/mol. The van der Waals surface area contributed by atoms with Crippen LogP contribution in [0, 0.1) is 5.92 Å². The molecule has 1 fully saturated rings. The van der Waals surface area contributed by atoms with Crippen molar-refractivity contribution in [3.63, 3.8) is 0 Å². The van der Waals surface area contributed by atoms with E-state index in [1.54, 1.807) is 5.56 Å². The lowest BCUT2D eigenvalue weighted by Crippen LogP contribution is -2.21. The summed E-state index contributed by atoms with van der Waals surface area (Å²) in [4.78, 5) is 0. The molecule has 1 nitrogen and oxygen atoms in total. The van der Waals surface area contributed by atoms with Gasteiger partial charge in [-0.1, -0.05) is 73.5 Å². The van der Waals surface area contributed by atoms with Crippen molar-refractivity contribution in [1.82, 2.24) is 5.32 Å². The first-order valence-corrected chi connectivity index (χ1v) is 8.71. The molecule has 0 saturated heterocycles. The van der Waals surface area contributed by atoms with Gasteiger partial charge in [-0.3, -0.25) is 0 Å². The molecular formula is C21H27N. The first-order chi connectivity index (χ1) is 10.9. The average molecular weight is 293 g/mol. The van der Waals surface area contributed by atoms with Gasteiger partial charge in [0.05, 0.1) is 0 Å². The van der Waals surface area contributed by atoms with E-state index in [9.17, 15) is 0 Å². The van der Waals surface area contributed by atoms with Crippen LogP contribution >= 0.6 is 0 Å². The normalized spacial score (nSPS) is 21.6. The lowest BCUT2D eigenvalue weighted by molar-refractivity contribution is 0.302. The Morgan fingerprint density at radius 3 is 2.36 bits per heavy atom. The van der Waals surface area contributed by atoms with E-state index in [-0.39, 0.29) is 0 Å². The summed E-state index contributed by atoms with van der Waals surface area (Å²) >= 11 is 0. The van der Waals surface area contributed by atoms with Crippen LogP contribution in [0.25, 0.3) is 0 Å². The topological polar surface area (TPSA) is 12.0 Å². The number of benzene rings is 2. The molecule has 0 bridgehead atoms. The highest BCUT2D eigenvalue weighted by molar-refractivity contribution is 5.20. The molecule has 1 heteroatoms. The van der Waals surface area contributed by atoms with E-state index in [4.69, 9.17) is 0 Å². The van der Waals surface area contributed by atoms with Gasteiger partial charge in [-0.05, 0) is 48.8 Å². The SMILES string of the molecule is c1ccc(CNCC[C@H]2CCC[C@H](c3ccccc3)C2)cc1. The van der Waals surface area contributed by atoms with Crippen LogP contribution in [0.1, 0.15) is 49.1 Å². The highest BCUT2D eigenvalue weighted by atomic mass is 14.8. The second kappa shape index (κ2) is 8.14. The molecule has 2 atom stereocenters. The maximum Gasteiger partial charge on any atom is 0.0205 e. The first kappa shape index (κ1) is 15.3. The monoisotopic (exact) mass is 293 g/mol. The summed E-state index contributed by atoms with van der Waals surface area (Å²) in [6.07, 6.45) is 6.87. The summed E-state index contributed by atoms with van der Waals surface area (Å²) in [5.41, 5.74) is 2.93. The molecule has 1 aliphatic carbocycles. The van der Waals surface area contributed by atoms with Crippen LogP contribution in [0.5, 0.6) is 0 Å². The van der Waals surface area contributed by atoms with Gasteiger partial charge in [0.15, 0.2) is 0 Å². The summed E-state index contributed by atoms with van der Waals surface area (Å²) in [7, 11) is 0. The zero-order valence-corrected chi connectivity index (χ0v) is 13.4. The van der Waals surface area contributed by atoms with Crippen LogP contribution in [0.3, 0.4) is 0 Å². The van der Waals surface area contributed by atoms with Gasteiger partial charge in [-0.25, -0.2) is 0 Å². The smallest absolute Gasteiger partial charge is 0.0205 e. The minimum atomic E-state index is 0.786. The fourth-order valence-electron chi connectivity index (χ4n) is 3.72. The largest absolute Gasteiger partial charge is 0.313 e. The lowest BCUT2D eigenvalue weighted by Gasteiger charge is -2.29. The maximum atomic E-state index is 3.60. The molecule has 0 unspecified atom stereocenters. The Morgan fingerprint density at radius 1 is 0.864 bits per heavy atom. The second-order valence-electron chi connectivity index (χ2n) is 6.59. The van der Waals surface area contributed by atoms with Crippen LogP contribution < -0.4 is 5.32 Å². The first-order valence-electron chi connectivity index (χ1n) is 8.71. The summed E-state index contributed by atoms with van der Waals surface area (Å²) in [5, 5.41) is 3.60. The molecule has 0 aromatic heterocycles. The molecule has 22 heavy (non-hydrogen) atoms. The highest BCUT2D eigenvalue weighted by Crippen LogP contribution is 2.37. The molecule has 116 valence electrons. The van der Waals surface area contributed by atoms with Crippen molar-refractivity contribution in [3.05, 3.63) is 71.8 Å². The molecular weight excluding hydrogens is 266 g/mol. The van der Waals surface area contributed by atoms with E-state index in [2.05, 4.69) is 66.0 Å². The van der Waals surface area contributed by atoms with Crippen molar-refractivity contribution in [2.45, 2.75) is 44.6 Å². The van der Waals surface area contributed by atoms with E-state index >= 15 is 0 Å². The number of rotatable bonds is 6. The van der Waals surface area contributed by atoms with Gasteiger partial charge in [-0.15, -0.1) is 0 Å². The minimum Gasteiger partial charge on any atom is -0.313 e. The average Bonchev–Trinajstić information content (AvgIpc) is 2.61. The molecule has 0 amide bonds. The summed E-state index contributed by atoms with van der Waals surface area (Å²) in [5.74, 6) is 1.68. The van der Waals surface area contributed by atoms with Crippen molar-refractivity contribution in [2.24, 2.45) is 5.92 Å². The Hall–Kier alpha value is -1.60. The fourth-order valence-corrected chi connectivity index (χ4v) is 3.72. The standard InChI is InChI=1S/C21H27N/c1-3-8-19(9-4-1)17-22-15-14-18-10-7-13-21(16-18)20-11-5-2-6-12-20/h1-6,8-9,11-12,18,21-22H,7,10,13-17H2/t18-,21+/m1/s1. The van der Waals surface area contributed by atoms with Crippen LogP contribution in [0.15, 0.2) is 60.7 Å². The highest BCUT2D eigenvalue weighted by Gasteiger charge is 2.22. The Kier molecular flexibility index (Phi) is 5.66. The van der Waals surface area contributed by atoms with Gasteiger partial charge in [0, 0.05) is 6.54 Å². The lowest BCUT2D eigenvalue weighted by atomic mass is 9.77. The third kappa shape index (κ3) is 4.45. The van der Waals surface area contributed by atoms with Crippen molar-refractivity contribution < 1.29 is 0 Å². The van der Waals surface area contributed by atoms with Crippen LogP contribution in [0.2, 0.25) is 0 Å². The molecule has 1 N–H and O–H groups in total. The third-order valence-electron chi connectivity index (χ3n) is 4.96. The van der Waals surface area contributed by atoms with Crippen LogP contribution in [-0.4, -0.2) is 6.54 Å². The van der Waals surface area contributed by atoms with Crippen molar-refractivity contribution >= 4 is 0 Å². The molecule has 2 aromatic carbocycles. The second-order valence-corrected chi connectivity index (χ2v) is 6.59.